The van der Waals surface area contributed by atoms with Gasteiger partial charge in [-0.3, -0.25) is 4.79 Å². The molecule has 0 atom stereocenters. The average molecular weight is 383 g/mol. The van der Waals surface area contributed by atoms with Crippen molar-refractivity contribution in [3.8, 4) is 0 Å². The third-order valence-corrected chi connectivity index (χ3v) is 7.72. The zero-order valence-corrected chi connectivity index (χ0v) is 17.5. The summed E-state index contributed by atoms with van der Waals surface area (Å²) in [6.45, 7) is 13.5. The van der Waals surface area contributed by atoms with Crippen molar-refractivity contribution in [2.75, 3.05) is 39.4 Å². The van der Waals surface area contributed by atoms with Crippen LogP contribution in [0.5, 0.6) is 0 Å². The molecule has 0 N–H and O–H groups in total. The van der Waals surface area contributed by atoms with Crippen molar-refractivity contribution in [3.63, 3.8) is 0 Å². The molecule has 2 rings (SSSR count). The monoisotopic (exact) mass is 382 g/mol. The summed E-state index contributed by atoms with van der Waals surface area (Å²) < 4.78 is 33.2. The Bertz CT molecular complexity index is 765. The van der Waals surface area contributed by atoms with Crippen LogP contribution in [-0.2, 0) is 19.6 Å². The van der Waals surface area contributed by atoms with Gasteiger partial charge < -0.3 is 9.64 Å². The Hall–Kier alpha value is -1.44. The number of piperazine rings is 1. The van der Waals surface area contributed by atoms with Crippen LogP contribution >= 0.6 is 0 Å². The summed E-state index contributed by atoms with van der Waals surface area (Å²) in [5, 5.41) is 0. The van der Waals surface area contributed by atoms with Gasteiger partial charge in [-0.1, -0.05) is 0 Å². The fraction of sp³-hybridized carbons (Fsp3) is 0.632. The third-order valence-electron chi connectivity index (χ3n) is 5.55. The van der Waals surface area contributed by atoms with Crippen LogP contribution in [0.4, 0.5) is 0 Å². The second kappa shape index (κ2) is 8.06. The van der Waals surface area contributed by atoms with Gasteiger partial charge >= 0.3 is 0 Å². The van der Waals surface area contributed by atoms with Gasteiger partial charge in [0.25, 0.3) is 0 Å². The molecular formula is C19H30N2O4S. The van der Waals surface area contributed by atoms with Crippen molar-refractivity contribution in [1.29, 1.82) is 0 Å². The summed E-state index contributed by atoms with van der Waals surface area (Å²) in [4.78, 5) is 14.1. The normalized spacial score (nSPS) is 16.2. The number of amides is 1. The van der Waals surface area contributed by atoms with Crippen molar-refractivity contribution in [2.45, 2.75) is 46.4 Å². The Kier molecular flexibility index (Phi) is 6.47. The zero-order chi connectivity index (χ0) is 19.6. The number of hydrogen-bond acceptors (Lipinski definition) is 4. The van der Waals surface area contributed by atoms with Crippen LogP contribution in [0.1, 0.15) is 34.7 Å². The Morgan fingerprint density at radius 1 is 0.885 bits per heavy atom. The summed E-state index contributed by atoms with van der Waals surface area (Å²) in [6, 6.07) is 0. The van der Waals surface area contributed by atoms with Gasteiger partial charge in [-0.25, -0.2) is 8.42 Å². The quantitative estimate of drug-likeness (QED) is 0.782. The molecule has 1 aromatic carbocycles. The molecule has 0 bridgehead atoms. The van der Waals surface area contributed by atoms with Crippen LogP contribution in [0, 0.1) is 34.6 Å². The molecule has 6 nitrogen and oxygen atoms in total. The molecule has 1 aliphatic heterocycles. The van der Waals surface area contributed by atoms with E-state index in [9.17, 15) is 13.2 Å². The lowest BCUT2D eigenvalue weighted by molar-refractivity contribution is -0.137. The smallest absolute Gasteiger partial charge is 0.248 e. The molecule has 1 amide bonds. The Balaban J connectivity index is 2.25. The lowest BCUT2D eigenvalue weighted by atomic mass is 9.95. The largest absolute Gasteiger partial charge is 0.372 e. The first-order valence-corrected chi connectivity index (χ1v) is 10.5. The Morgan fingerprint density at radius 2 is 1.35 bits per heavy atom. The van der Waals surface area contributed by atoms with Crippen LogP contribution in [0.3, 0.4) is 0 Å². The maximum atomic E-state index is 13.3. The predicted octanol–water partition coefficient (Wildman–Crippen LogP) is 2.10. The van der Waals surface area contributed by atoms with E-state index >= 15 is 0 Å². The number of nitrogens with zero attached hydrogens (tertiary/aromatic N) is 2. The van der Waals surface area contributed by atoms with Crippen LogP contribution in [-0.4, -0.2) is 62.9 Å². The summed E-state index contributed by atoms with van der Waals surface area (Å²) in [5.74, 6) is -0.0849. The van der Waals surface area contributed by atoms with E-state index in [0.717, 1.165) is 27.8 Å². The van der Waals surface area contributed by atoms with Gasteiger partial charge in [-0.15, -0.1) is 0 Å². The minimum Gasteiger partial charge on any atom is -0.372 e. The second-order valence-corrected chi connectivity index (χ2v) is 8.75. The molecule has 0 aromatic heterocycles. The van der Waals surface area contributed by atoms with E-state index in [1.807, 2.05) is 41.5 Å². The van der Waals surface area contributed by atoms with E-state index in [2.05, 4.69) is 0 Å². The van der Waals surface area contributed by atoms with E-state index in [0.29, 0.717) is 37.7 Å². The second-order valence-electron chi connectivity index (χ2n) is 6.88. The first-order chi connectivity index (χ1) is 12.1. The molecule has 1 aliphatic rings. The summed E-state index contributed by atoms with van der Waals surface area (Å²) in [7, 11) is -3.59. The third kappa shape index (κ3) is 3.80. The number of benzene rings is 1. The van der Waals surface area contributed by atoms with Gasteiger partial charge in [0.15, 0.2) is 0 Å². The van der Waals surface area contributed by atoms with Gasteiger partial charge in [-0.05, 0) is 69.4 Å². The summed E-state index contributed by atoms with van der Waals surface area (Å²) in [6.07, 6.45) is 0. The highest BCUT2D eigenvalue weighted by atomic mass is 32.2. The molecule has 0 saturated carbocycles. The van der Waals surface area contributed by atoms with Crippen molar-refractivity contribution in [2.24, 2.45) is 0 Å². The number of carbonyl (C=O) groups is 1. The van der Waals surface area contributed by atoms with Crippen molar-refractivity contribution < 1.29 is 17.9 Å². The fourth-order valence-corrected chi connectivity index (χ4v) is 5.42. The molecular weight excluding hydrogens is 352 g/mol. The number of carbonyl (C=O) groups excluding carboxylic acids is 1. The highest BCUT2D eigenvalue weighted by Gasteiger charge is 2.33. The van der Waals surface area contributed by atoms with E-state index in [1.54, 1.807) is 4.90 Å². The van der Waals surface area contributed by atoms with Crippen molar-refractivity contribution in [1.82, 2.24) is 9.21 Å². The molecule has 7 heteroatoms. The van der Waals surface area contributed by atoms with Gasteiger partial charge in [0.05, 0.1) is 4.90 Å². The zero-order valence-electron chi connectivity index (χ0n) is 16.7. The van der Waals surface area contributed by atoms with E-state index in [-0.39, 0.29) is 12.5 Å². The van der Waals surface area contributed by atoms with Crippen molar-refractivity contribution >= 4 is 15.9 Å². The first kappa shape index (κ1) is 20.9. The molecule has 26 heavy (non-hydrogen) atoms. The standard InChI is InChI=1S/C19H30N2O4S/c1-7-25-12-18(22)20-8-10-21(11-9-20)26(23,24)19-16(5)14(3)13(2)15(4)17(19)6/h7-12H2,1-6H3. The maximum Gasteiger partial charge on any atom is 0.248 e. The first-order valence-electron chi connectivity index (χ1n) is 9.05. The molecule has 0 spiro atoms. The van der Waals surface area contributed by atoms with E-state index in [4.69, 9.17) is 4.74 Å². The topological polar surface area (TPSA) is 66.9 Å². The van der Waals surface area contributed by atoms with Gasteiger partial charge in [0.1, 0.15) is 6.61 Å². The van der Waals surface area contributed by atoms with Gasteiger partial charge in [-0.2, -0.15) is 4.31 Å². The highest BCUT2D eigenvalue weighted by Crippen LogP contribution is 2.31. The minimum atomic E-state index is -3.59. The van der Waals surface area contributed by atoms with Crippen LogP contribution < -0.4 is 0 Å². The average Bonchev–Trinajstić information content (AvgIpc) is 2.62. The van der Waals surface area contributed by atoms with Crippen LogP contribution in [0.25, 0.3) is 0 Å². The van der Waals surface area contributed by atoms with Crippen molar-refractivity contribution in [3.05, 3.63) is 27.8 Å². The Labute approximate surface area is 157 Å². The number of sulfonamides is 1. The highest BCUT2D eigenvalue weighted by molar-refractivity contribution is 7.89. The fourth-order valence-electron chi connectivity index (χ4n) is 3.44. The van der Waals surface area contributed by atoms with Gasteiger partial charge in [0.2, 0.25) is 15.9 Å². The molecule has 0 unspecified atom stereocenters. The van der Waals surface area contributed by atoms with E-state index < -0.39 is 10.0 Å². The van der Waals surface area contributed by atoms with E-state index in [1.165, 1.54) is 4.31 Å². The van der Waals surface area contributed by atoms with Gasteiger partial charge in [0, 0.05) is 32.8 Å². The molecule has 0 aliphatic carbocycles. The Morgan fingerprint density at radius 3 is 1.81 bits per heavy atom. The molecule has 1 aromatic rings. The summed E-state index contributed by atoms with van der Waals surface area (Å²) >= 11 is 0. The van der Waals surface area contributed by atoms with Crippen LogP contribution in [0.15, 0.2) is 4.90 Å². The molecule has 146 valence electrons. The maximum absolute atomic E-state index is 13.3. The molecule has 0 radical (unpaired) electrons. The molecule has 1 fully saturated rings. The number of ether oxygens (including phenoxy) is 1. The lowest BCUT2D eigenvalue weighted by Crippen LogP contribution is -2.51. The number of hydrogen-bond donors (Lipinski definition) is 0. The van der Waals surface area contributed by atoms with Crippen LogP contribution in [0.2, 0.25) is 0 Å². The SMILES string of the molecule is CCOCC(=O)N1CCN(S(=O)(=O)c2c(C)c(C)c(C)c(C)c2C)CC1. The lowest BCUT2D eigenvalue weighted by Gasteiger charge is -2.35. The molecule has 1 heterocycles. The number of rotatable bonds is 5. The molecule has 1 saturated heterocycles. The predicted molar refractivity (Wildman–Crippen MR) is 102 cm³/mol. The minimum absolute atomic E-state index is 0.0534. The summed E-state index contributed by atoms with van der Waals surface area (Å²) in [5.41, 5.74) is 4.83.